The summed E-state index contributed by atoms with van der Waals surface area (Å²) in [6.07, 6.45) is 3.81. The Morgan fingerprint density at radius 1 is 0.808 bits per heavy atom. The summed E-state index contributed by atoms with van der Waals surface area (Å²) in [6, 6.07) is 19.0. The predicted molar refractivity (Wildman–Crippen MR) is 104 cm³/mol. The smallest absolute Gasteiger partial charge is 0.155 e. The Kier molecular flexibility index (Phi) is 3.79. The minimum Gasteiger partial charge on any atom is -0.352 e. The molecule has 26 heavy (non-hydrogen) atoms. The maximum atomic E-state index is 4.95. The van der Waals surface area contributed by atoms with E-state index >= 15 is 0 Å². The molecule has 1 aliphatic rings. The van der Waals surface area contributed by atoms with Gasteiger partial charge in [0.25, 0.3) is 0 Å². The van der Waals surface area contributed by atoms with Crippen molar-refractivity contribution in [2.45, 2.75) is 6.54 Å². The molecule has 130 valence electrons. The minimum absolute atomic E-state index is 0.985. The first-order valence-electron chi connectivity index (χ1n) is 9.10. The van der Waals surface area contributed by atoms with Crippen molar-refractivity contribution in [3.63, 3.8) is 0 Å². The van der Waals surface area contributed by atoms with E-state index in [4.69, 9.17) is 4.98 Å². The lowest BCUT2D eigenvalue weighted by Gasteiger charge is -2.35. The molecule has 5 nitrogen and oxygen atoms in total. The fourth-order valence-corrected chi connectivity index (χ4v) is 3.78. The number of imidazole rings is 1. The molecular formula is C21H21N5. The number of benzene rings is 2. The summed E-state index contributed by atoms with van der Waals surface area (Å²) in [5.41, 5.74) is 4.58. The zero-order chi connectivity index (χ0) is 17.3. The zero-order valence-electron chi connectivity index (χ0n) is 14.6. The van der Waals surface area contributed by atoms with Crippen LogP contribution in [0.4, 0.5) is 5.82 Å². The van der Waals surface area contributed by atoms with Crippen LogP contribution in [-0.4, -0.2) is 45.4 Å². The van der Waals surface area contributed by atoms with Crippen LogP contribution in [0.1, 0.15) is 5.56 Å². The van der Waals surface area contributed by atoms with Crippen LogP contribution in [-0.2, 0) is 6.54 Å². The number of fused-ring (bicyclic) bond motifs is 3. The third-order valence-electron chi connectivity index (χ3n) is 5.16. The fraction of sp³-hybridized carbons (Fsp3) is 0.238. The minimum atomic E-state index is 0.985. The molecule has 0 N–H and O–H groups in total. The van der Waals surface area contributed by atoms with Crippen molar-refractivity contribution in [1.29, 1.82) is 0 Å². The third-order valence-corrected chi connectivity index (χ3v) is 5.16. The second-order valence-corrected chi connectivity index (χ2v) is 6.82. The van der Waals surface area contributed by atoms with Gasteiger partial charge in [0.05, 0.1) is 23.6 Å². The van der Waals surface area contributed by atoms with E-state index in [0.29, 0.717) is 0 Å². The molecule has 0 spiro atoms. The first-order valence-corrected chi connectivity index (χ1v) is 9.10. The van der Waals surface area contributed by atoms with E-state index in [1.54, 1.807) is 0 Å². The second-order valence-electron chi connectivity index (χ2n) is 6.82. The second kappa shape index (κ2) is 6.42. The molecular weight excluding hydrogens is 322 g/mol. The first-order chi connectivity index (χ1) is 12.9. The van der Waals surface area contributed by atoms with Crippen LogP contribution in [0.15, 0.2) is 67.1 Å². The summed E-state index contributed by atoms with van der Waals surface area (Å²) >= 11 is 0. The van der Waals surface area contributed by atoms with E-state index in [2.05, 4.69) is 61.6 Å². The monoisotopic (exact) mass is 343 g/mol. The van der Waals surface area contributed by atoms with Gasteiger partial charge >= 0.3 is 0 Å². The molecule has 1 aliphatic heterocycles. The number of piperazine rings is 1. The molecule has 0 amide bonds. The quantitative estimate of drug-likeness (QED) is 0.572. The fourth-order valence-electron chi connectivity index (χ4n) is 3.78. The van der Waals surface area contributed by atoms with Crippen molar-refractivity contribution >= 4 is 22.4 Å². The highest BCUT2D eigenvalue weighted by molar-refractivity contribution is 5.84. The van der Waals surface area contributed by atoms with E-state index in [1.165, 1.54) is 5.56 Å². The van der Waals surface area contributed by atoms with E-state index < -0.39 is 0 Å². The average Bonchev–Trinajstić information content (AvgIpc) is 3.19. The Bertz CT molecular complexity index is 1030. The molecule has 0 unspecified atom stereocenters. The van der Waals surface area contributed by atoms with Crippen LogP contribution in [0, 0.1) is 0 Å². The van der Waals surface area contributed by atoms with Gasteiger partial charge < -0.3 is 4.90 Å². The van der Waals surface area contributed by atoms with E-state index in [9.17, 15) is 0 Å². The number of nitrogens with zero attached hydrogens (tertiary/aromatic N) is 5. The lowest BCUT2D eigenvalue weighted by molar-refractivity contribution is 0.249. The van der Waals surface area contributed by atoms with Crippen LogP contribution in [0.3, 0.4) is 0 Å². The van der Waals surface area contributed by atoms with Gasteiger partial charge in [-0.15, -0.1) is 0 Å². The van der Waals surface area contributed by atoms with Gasteiger partial charge in [0.1, 0.15) is 5.52 Å². The van der Waals surface area contributed by atoms with Gasteiger partial charge in [0.15, 0.2) is 5.82 Å². The van der Waals surface area contributed by atoms with Gasteiger partial charge in [-0.1, -0.05) is 42.5 Å². The van der Waals surface area contributed by atoms with Crippen molar-refractivity contribution < 1.29 is 0 Å². The summed E-state index contributed by atoms with van der Waals surface area (Å²) in [4.78, 5) is 14.2. The number of hydrogen-bond acceptors (Lipinski definition) is 4. The number of aromatic nitrogens is 3. The van der Waals surface area contributed by atoms with Crippen molar-refractivity contribution in [2.75, 3.05) is 31.1 Å². The molecule has 0 saturated carbocycles. The topological polar surface area (TPSA) is 36.7 Å². The van der Waals surface area contributed by atoms with Crippen LogP contribution < -0.4 is 4.90 Å². The highest BCUT2D eigenvalue weighted by Gasteiger charge is 2.21. The van der Waals surface area contributed by atoms with Gasteiger partial charge in [0, 0.05) is 32.7 Å². The van der Waals surface area contributed by atoms with Gasteiger partial charge in [0.2, 0.25) is 0 Å². The summed E-state index contributed by atoms with van der Waals surface area (Å²) in [6.45, 7) is 5.08. The SMILES string of the molecule is c1ccc(CN2CCN(c3nc4ccccc4n4cncc34)CC2)cc1. The highest BCUT2D eigenvalue weighted by atomic mass is 15.3. The summed E-state index contributed by atoms with van der Waals surface area (Å²) < 4.78 is 2.15. The van der Waals surface area contributed by atoms with Gasteiger partial charge in [-0.25, -0.2) is 9.97 Å². The maximum absolute atomic E-state index is 4.95. The van der Waals surface area contributed by atoms with Crippen molar-refractivity contribution in [3.05, 3.63) is 72.7 Å². The molecule has 1 fully saturated rings. The van der Waals surface area contributed by atoms with Gasteiger partial charge in [-0.2, -0.15) is 0 Å². The van der Waals surface area contributed by atoms with E-state index in [0.717, 1.165) is 55.1 Å². The third kappa shape index (κ3) is 2.70. The molecule has 5 rings (SSSR count). The number of hydrogen-bond donors (Lipinski definition) is 0. The molecule has 0 atom stereocenters. The molecule has 3 heterocycles. The van der Waals surface area contributed by atoms with Gasteiger partial charge in [-0.05, 0) is 17.7 Å². The molecule has 5 heteroatoms. The molecule has 2 aromatic heterocycles. The van der Waals surface area contributed by atoms with Crippen molar-refractivity contribution in [3.8, 4) is 0 Å². The Labute approximate surface area is 152 Å². The Morgan fingerprint density at radius 3 is 2.42 bits per heavy atom. The molecule has 4 aromatic rings. The number of para-hydroxylation sites is 2. The zero-order valence-corrected chi connectivity index (χ0v) is 14.6. The molecule has 1 saturated heterocycles. The largest absolute Gasteiger partial charge is 0.352 e. The Hall–Kier alpha value is -2.92. The standard InChI is InChI=1S/C21H21N5/c1-2-6-17(7-3-1)15-24-10-12-25(13-11-24)21-20-14-22-16-26(20)19-9-5-4-8-18(19)23-21/h1-9,14,16H,10-13,15H2. The maximum Gasteiger partial charge on any atom is 0.155 e. The lowest BCUT2D eigenvalue weighted by atomic mass is 10.2. The average molecular weight is 343 g/mol. The lowest BCUT2D eigenvalue weighted by Crippen LogP contribution is -2.46. The Morgan fingerprint density at radius 2 is 1.58 bits per heavy atom. The number of rotatable bonds is 3. The van der Waals surface area contributed by atoms with Crippen LogP contribution in [0.5, 0.6) is 0 Å². The number of anilines is 1. The van der Waals surface area contributed by atoms with Crippen molar-refractivity contribution in [2.24, 2.45) is 0 Å². The first kappa shape index (κ1) is 15.3. The van der Waals surface area contributed by atoms with Crippen LogP contribution >= 0.6 is 0 Å². The summed E-state index contributed by atoms with van der Waals surface area (Å²) in [5.74, 6) is 1.04. The summed E-state index contributed by atoms with van der Waals surface area (Å²) in [5, 5.41) is 0. The van der Waals surface area contributed by atoms with Crippen LogP contribution in [0.2, 0.25) is 0 Å². The normalized spacial score (nSPS) is 15.8. The van der Waals surface area contributed by atoms with E-state index in [1.807, 2.05) is 24.7 Å². The summed E-state index contributed by atoms with van der Waals surface area (Å²) in [7, 11) is 0. The predicted octanol–water partition coefficient (Wildman–Crippen LogP) is 3.20. The van der Waals surface area contributed by atoms with Gasteiger partial charge in [-0.3, -0.25) is 9.30 Å². The highest BCUT2D eigenvalue weighted by Crippen LogP contribution is 2.25. The molecule has 0 bridgehead atoms. The molecule has 0 radical (unpaired) electrons. The van der Waals surface area contributed by atoms with Crippen molar-refractivity contribution in [1.82, 2.24) is 19.3 Å². The van der Waals surface area contributed by atoms with Crippen LogP contribution in [0.25, 0.3) is 16.6 Å². The Balaban J connectivity index is 1.40. The van der Waals surface area contributed by atoms with E-state index in [-0.39, 0.29) is 0 Å². The molecule has 2 aromatic carbocycles. The molecule has 0 aliphatic carbocycles.